The lowest BCUT2D eigenvalue weighted by atomic mass is 10.0. The van der Waals surface area contributed by atoms with Gasteiger partial charge in [0.25, 0.3) is 0 Å². The van der Waals surface area contributed by atoms with Crippen LogP contribution in [0.4, 0.5) is 0 Å². The summed E-state index contributed by atoms with van der Waals surface area (Å²) in [5, 5.41) is 12.3. The van der Waals surface area contributed by atoms with E-state index in [1.165, 1.54) is 0 Å². The Labute approximate surface area is 148 Å². The molecule has 1 saturated carbocycles. The molecule has 0 radical (unpaired) electrons. The van der Waals surface area contributed by atoms with Gasteiger partial charge in [0, 0.05) is 12.5 Å². The van der Waals surface area contributed by atoms with Crippen molar-refractivity contribution < 1.29 is 14.6 Å². The molecule has 3 atom stereocenters. The zero-order chi connectivity index (χ0) is 17.6. The molecular weight excluding hydrogens is 314 g/mol. The van der Waals surface area contributed by atoms with Gasteiger partial charge in [-0.3, -0.25) is 4.79 Å². The van der Waals surface area contributed by atoms with Gasteiger partial charge in [0.1, 0.15) is 5.75 Å². The predicted molar refractivity (Wildman–Crippen MR) is 97.5 cm³/mol. The molecule has 2 aromatic rings. The van der Waals surface area contributed by atoms with Crippen LogP contribution in [0.25, 0.3) is 0 Å². The molecule has 0 aromatic heterocycles. The van der Waals surface area contributed by atoms with E-state index in [1.54, 1.807) is 7.11 Å². The maximum absolute atomic E-state index is 12.7. The van der Waals surface area contributed by atoms with Crippen LogP contribution in [-0.4, -0.2) is 24.7 Å². The highest BCUT2D eigenvalue weighted by Crippen LogP contribution is 2.48. The van der Waals surface area contributed by atoms with Crippen LogP contribution in [0, 0.1) is 5.92 Å². The third-order valence-electron chi connectivity index (χ3n) is 4.82. The summed E-state index contributed by atoms with van der Waals surface area (Å²) < 4.78 is 5.27. The number of amides is 1. The lowest BCUT2D eigenvalue weighted by Gasteiger charge is -2.19. The van der Waals surface area contributed by atoms with Crippen LogP contribution in [0.1, 0.15) is 42.3 Å². The number of hydrogen-bond donors (Lipinski definition) is 2. The van der Waals surface area contributed by atoms with Gasteiger partial charge >= 0.3 is 0 Å². The highest BCUT2D eigenvalue weighted by molar-refractivity contribution is 5.83. The second kappa shape index (κ2) is 8.17. The number of methoxy groups -OCH3 is 1. The third-order valence-corrected chi connectivity index (χ3v) is 4.82. The first-order chi connectivity index (χ1) is 12.2. The van der Waals surface area contributed by atoms with E-state index in [-0.39, 0.29) is 30.4 Å². The molecule has 0 saturated heterocycles. The van der Waals surface area contributed by atoms with Crippen LogP contribution in [0.2, 0.25) is 0 Å². The zero-order valence-corrected chi connectivity index (χ0v) is 14.5. The van der Waals surface area contributed by atoms with Crippen LogP contribution >= 0.6 is 0 Å². The Bertz CT molecular complexity index is 701. The van der Waals surface area contributed by atoms with E-state index in [9.17, 15) is 4.79 Å². The van der Waals surface area contributed by atoms with E-state index in [4.69, 9.17) is 9.84 Å². The number of ether oxygens (including phenoxy) is 1. The third kappa shape index (κ3) is 4.40. The fourth-order valence-corrected chi connectivity index (χ4v) is 3.31. The van der Waals surface area contributed by atoms with Crippen molar-refractivity contribution in [1.29, 1.82) is 0 Å². The molecule has 0 aliphatic heterocycles. The molecule has 2 N–H and O–H groups in total. The van der Waals surface area contributed by atoms with Crippen LogP contribution in [0.15, 0.2) is 54.6 Å². The molecule has 4 heteroatoms. The fourth-order valence-electron chi connectivity index (χ4n) is 3.31. The second-order valence-corrected chi connectivity index (χ2v) is 6.56. The van der Waals surface area contributed by atoms with Crippen LogP contribution in [0.3, 0.4) is 0 Å². The fraction of sp³-hybridized carbons (Fsp3) is 0.381. The Balaban J connectivity index is 1.64. The number of benzene rings is 2. The summed E-state index contributed by atoms with van der Waals surface area (Å²) in [6, 6.07) is 17.9. The van der Waals surface area contributed by atoms with E-state index in [2.05, 4.69) is 11.4 Å². The molecule has 0 spiro atoms. The van der Waals surface area contributed by atoms with E-state index in [1.807, 2.05) is 48.5 Å². The molecule has 0 bridgehead atoms. The topological polar surface area (TPSA) is 58.6 Å². The summed E-state index contributed by atoms with van der Waals surface area (Å²) in [5.74, 6) is 1.21. The van der Waals surface area contributed by atoms with Crippen molar-refractivity contribution in [2.45, 2.75) is 31.2 Å². The Hall–Kier alpha value is -2.33. The normalized spacial score (nSPS) is 19.9. The summed E-state index contributed by atoms with van der Waals surface area (Å²) >= 11 is 0. The molecule has 1 aliphatic rings. The van der Waals surface area contributed by atoms with Crippen LogP contribution < -0.4 is 10.1 Å². The summed E-state index contributed by atoms with van der Waals surface area (Å²) in [5.41, 5.74) is 2.24. The lowest BCUT2D eigenvalue weighted by Crippen LogP contribution is -2.30. The number of carbonyl (C=O) groups is 1. The number of carbonyl (C=O) groups excluding carboxylic acids is 1. The molecule has 1 fully saturated rings. The van der Waals surface area contributed by atoms with Crippen molar-refractivity contribution in [3.63, 3.8) is 0 Å². The molecule has 3 rings (SSSR count). The molecular formula is C21H25NO3. The maximum Gasteiger partial charge on any atom is 0.224 e. The van der Waals surface area contributed by atoms with Crippen molar-refractivity contribution in [2.75, 3.05) is 13.7 Å². The van der Waals surface area contributed by atoms with E-state index < -0.39 is 0 Å². The van der Waals surface area contributed by atoms with Gasteiger partial charge in [-0.15, -0.1) is 0 Å². The number of aliphatic hydroxyl groups is 1. The molecule has 132 valence electrons. The smallest absolute Gasteiger partial charge is 0.224 e. The van der Waals surface area contributed by atoms with Gasteiger partial charge in [0.2, 0.25) is 5.91 Å². The molecule has 25 heavy (non-hydrogen) atoms. The first kappa shape index (κ1) is 17.5. The molecule has 0 heterocycles. The van der Waals surface area contributed by atoms with Gasteiger partial charge in [-0.25, -0.2) is 0 Å². The first-order valence-electron chi connectivity index (χ1n) is 8.83. The van der Waals surface area contributed by atoms with Gasteiger partial charge in [-0.1, -0.05) is 42.5 Å². The minimum absolute atomic E-state index is 0.0208. The maximum atomic E-state index is 12.7. The van der Waals surface area contributed by atoms with E-state index in [0.29, 0.717) is 6.42 Å². The summed E-state index contributed by atoms with van der Waals surface area (Å²) in [7, 11) is 1.65. The number of aliphatic hydroxyl groups excluding tert-OH is 1. The van der Waals surface area contributed by atoms with Crippen molar-refractivity contribution in [1.82, 2.24) is 5.32 Å². The molecule has 4 nitrogen and oxygen atoms in total. The van der Waals surface area contributed by atoms with Crippen LogP contribution in [-0.2, 0) is 4.79 Å². The standard InChI is InChI=1S/C21H25NO3/c1-25-17-10-5-9-16(13-17)18-14-19(18)21(24)22-20(11-6-12-23)15-7-3-2-4-8-15/h2-5,7-10,13,18-20,23H,6,11-12,14H2,1H3,(H,22,24). The van der Waals surface area contributed by atoms with Gasteiger partial charge in [-0.2, -0.15) is 0 Å². The summed E-state index contributed by atoms with van der Waals surface area (Å²) in [6.45, 7) is 0.134. The lowest BCUT2D eigenvalue weighted by molar-refractivity contribution is -0.123. The first-order valence-corrected chi connectivity index (χ1v) is 8.83. The van der Waals surface area contributed by atoms with E-state index in [0.717, 1.165) is 29.7 Å². The Kier molecular flexibility index (Phi) is 5.71. The van der Waals surface area contributed by atoms with Crippen molar-refractivity contribution in [2.24, 2.45) is 5.92 Å². The van der Waals surface area contributed by atoms with Gasteiger partial charge in [-0.05, 0) is 48.4 Å². The number of nitrogens with one attached hydrogen (secondary N) is 1. The average Bonchev–Trinajstić information content (AvgIpc) is 3.47. The minimum Gasteiger partial charge on any atom is -0.497 e. The quantitative estimate of drug-likeness (QED) is 0.775. The predicted octanol–water partition coefficient (Wildman–Crippen LogP) is 3.43. The largest absolute Gasteiger partial charge is 0.497 e. The monoisotopic (exact) mass is 339 g/mol. The SMILES string of the molecule is COc1cccc(C2CC2C(=O)NC(CCCO)c2ccccc2)c1. The van der Waals surface area contributed by atoms with Gasteiger partial charge in [0.15, 0.2) is 0 Å². The number of hydrogen-bond acceptors (Lipinski definition) is 3. The Morgan fingerprint density at radius 3 is 2.76 bits per heavy atom. The van der Waals surface area contributed by atoms with Crippen LogP contribution in [0.5, 0.6) is 5.75 Å². The second-order valence-electron chi connectivity index (χ2n) is 6.56. The Morgan fingerprint density at radius 1 is 1.24 bits per heavy atom. The van der Waals surface area contributed by atoms with Crippen molar-refractivity contribution >= 4 is 5.91 Å². The molecule has 1 aliphatic carbocycles. The van der Waals surface area contributed by atoms with Crippen molar-refractivity contribution in [3.05, 3.63) is 65.7 Å². The molecule has 1 amide bonds. The Morgan fingerprint density at radius 2 is 2.04 bits per heavy atom. The van der Waals surface area contributed by atoms with E-state index >= 15 is 0 Å². The summed E-state index contributed by atoms with van der Waals surface area (Å²) in [6.07, 6.45) is 2.28. The molecule has 3 unspecified atom stereocenters. The van der Waals surface area contributed by atoms with Gasteiger partial charge < -0.3 is 15.2 Å². The summed E-state index contributed by atoms with van der Waals surface area (Å²) in [4.78, 5) is 12.7. The average molecular weight is 339 g/mol. The number of rotatable bonds is 8. The zero-order valence-electron chi connectivity index (χ0n) is 14.5. The van der Waals surface area contributed by atoms with Gasteiger partial charge in [0.05, 0.1) is 13.2 Å². The highest BCUT2D eigenvalue weighted by Gasteiger charge is 2.44. The van der Waals surface area contributed by atoms with Crippen molar-refractivity contribution in [3.8, 4) is 5.75 Å². The minimum atomic E-state index is -0.0487. The highest BCUT2D eigenvalue weighted by atomic mass is 16.5. The molecule has 2 aromatic carbocycles.